The van der Waals surface area contributed by atoms with E-state index in [0.717, 1.165) is 6.42 Å². The molecule has 2 N–H and O–H groups in total. The smallest absolute Gasteiger partial charge is 0.305 e. The predicted octanol–water partition coefficient (Wildman–Crippen LogP) is 5.28. The number of benzodiazepines with no additional fused rings is 1. The number of halogens is 1. The Balaban J connectivity index is 2.26. The molecule has 0 aromatic heterocycles. The molecule has 0 saturated heterocycles. The molecule has 0 fully saturated rings. The van der Waals surface area contributed by atoms with E-state index in [1.54, 1.807) is 24.3 Å². The number of rotatable bonds is 7. The first-order valence-electron chi connectivity index (χ1n) is 10.6. The lowest BCUT2D eigenvalue weighted by Crippen LogP contribution is -2.40. The van der Waals surface area contributed by atoms with E-state index >= 15 is 0 Å². The van der Waals surface area contributed by atoms with Gasteiger partial charge in [0.05, 0.1) is 23.4 Å². The number of nitrogens with one attached hydrogen (secondary N) is 2. The van der Waals surface area contributed by atoms with E-state index in [1.807, 2.05) is 6.92 Å². The third kappa shape index (κ3) is 5.45. The van der Waals surface area contributed by atoms with Crippen LogP contribution < -0.4 is 4.90 Å². The minimum Gasteiger partial charge on any atom is -0.469 e. The number of nitro benzene ring substituents is 1. The first-order valence-corrected chi connectivity index (χ1v) is 11.9. The Hall–Kier alpha value is -3.24. The number of nitrogens with zero attached hydrogens (tertiary/aromatic N) is 3. The Labute approximate surface area is 206 Å². The van der Waals surface area contributed by atoms with Gasteiger partial charge >= 0.3 is 5.97 Å². The van der Waals surface area contributed by atoms with Crippen molar-refractivity contribution in [2.45, 2.75) is 32.2 Å². The fourth-order valence-corrected chi connectivity index (χ4v) is 4.44. The van der Waals surface area contributed by atoms with Crippen LogP contribution in [-0.4, -0.2) is 46.5 Å². The van der Waals surface area contributed by atoms with Gasteiger partial charge in [-0.25, -0.2) is 0 Å². The van der Waals surface area contributed by atoms with E-state index in [9.17, 15) is 14.9 Å². The second-order valence-electron chi connectivity index (χ2n) is 7.42. The third-order valence-electron chi connectivity index (χ3n) is 5.15. The van der Waals surface area contributed by atoms with Crippen molar-refractivity contribution in [3.8, 4) is 0 Å². The minimum absolute atomic E-state index is 0.00494. The molecule has 0 aliphatic carbocycles. The maximum Gasteiger partial charge on any atom is 0.305 e. The lowest BCUT2D eigenvalue weighted by molar-refractivity contribution is -0.384. The summed E-state index contributed by atoms with van der Waals surface area (Å²) < 4.78 is 4.76. The number of hydrogen-bond donors (Lipinski definition) is 2. The second kappa shape index (κ2) is 11.3. The van der Waals surface area contributed by atoms with Gasteiger partial charge in [-0.1, -0.05) is 48.5 Å². The average molecular weight is 502 g/mol. The predicted molar refractivity (Wildman–Crippen MR) is 136 cm³/mol. The Kier molecular flexibility index (Phi) is 8.41. The van der Waals surface area contributed by atoms with Crippen LogP contribution in [0.25, 0.3) is 0 Å². The fourth-order valence-electron chi connectivity index (χ4n) is 3.50. The summed E-state index contributed by atoms with van der Waals surface area (Å²) in [4.78, 5) is 29.1. The van der Waals surface area contributed by atoms with Crippen LogP contribution in [0.15, 0.2) is 47.5 Å². The SMILES string of the molecule is CCCSC(=N)N1C(=N)[C@H](CCC(=O)OC)N=C(c2ccccc2Cl)c2cc([N+](=O)[O-])ccc21. The normalized spacial score (nSPS) is 15.3. The summed E-state index contributed by atoms with van der Waals surface area (Å²) in [5.41, 5.74) is 1.56. The molecule has 0 saturated carbocycles. The number of esters is 1. The Morgan fingerprint density at radius 1 is 1.29 bits per heavy atom. The number of hydrogen-bond acceptors (Lipinski definition) is 8. The van der Waals surface area contributed by atoms with Crippen LogP contribution in [0.4, 0.5) is 11.4 Å². The van der Waals surface area contributed by atoms with Gasteiger partial charge in [0.2, 0.25) is 0 Å². The molecule has 0 bridgehead atoms. The third-order valence-corrected chi connectivity index (χ3v) is 6.55. The number of fused-ring (bicyclic) bond motifs is 1. The summed E-state index contributed by atoms with van der Waals surface area (Å²) in [6, 6.07) is 10.4. The van der Waals surface area contributed by atoms with Crippen LogP contribution in [0, 0.1) is 20.9 Å². The molecule has 1 aliphatic heterocycles. The summed E-state index contributed by atoms with van der Waals surface area (Å²) in [6.07, 6.45) is 1.01. The molecule has 1 heterocycles. The van der Waals surface area contributed by atoms with Gasteiger partial charge in [-0.2, -0.15) is 0 Å². The summed E-state index contributed by atoms with van der Waals surface area (Å²) >= 11 is 7.75. The van der Waals surface area contributed by atoms with Gasteiger partial charge in [0.1, 0.15) is 11.9 Å². The highest BCUT2D eigenvalue weighted by Crippen LogP contribution is 2.35. The van der Waals surface area contributed by atoms with Crippen LogP contribution in [0.1, 0.15) is 37.3 Å². The van der Waals surface area contributed by atoms with Crippen molar-refractivity contribution in [2.75, 3.05) is 17.8 Å². The lowest BCUT2D eigenvalue weighted by atomic mass is 9.99. The molecule has 1 atom stereocenters. The molecular formula is C23H24ClN5O4S. The lowest BCUT2D eigenvalue weighted by Gasteiger charge is -2.27. The number of non-ortho nitro benzene ring substituents is 1. The number of thioether (sulfide) groups is 1. The van der Waals surface area contributed by atoms with Crippen molar-refractivity contribution >= 4 is 57.4 Å². The summed E-state index contributed by atoms with van der Waals surface area (Å²) in [7, 11) is 1.29. The minimum atomic E-state index is -0.806. The number of carbonyl (C=O) groups excluding carboxylic acids is 1. The van der Waals surface area contributed by atoms with Gasteiger partial charge in [-0.3, -0.25) is 35.6 Å². The number of benzene rings is 2. The monoisotopic (exact) mass is 501 g/mol. The van der Waals surface area contributed by atoms with E-state index in [2.05, 4.69) is 0 Å². The first-order chi connectivity index (χ1) is 16.3. The molecule has 34 heavy (non-hydrogen) atoms. The van der Waals surface area contributed by atoms with Gasteiger partial charge in [0.15, 0.2) is 5.17 Å². The van der Waals surface area contributed by atoms with Crippen molar-refractivity contribution in [1.82, 2.24) is 0 Å². The van der Waals surface area contributed by atoms with Crippen molar-refractivity contribution in [3.05, 3.63) is 68.7 Å². The van der Waals surface area contributed by atoms with Crippen LogP contribution in [0.5, 0.6) is 0 Å². The first kappa shape index (κ1) is 25.4. The highest BCUT2D eigenvalue weighted by Gasteiger charge is 2.33. The molecule has 0 amide bonds. The van der Waals surface area contributed by atoms with Gasteiger partial charge in [-0.15, -0.1) is 0 Å². The highest BCUT2D eigenvalue weighted by molar-refractivity contribution is 8.14. The zero-order valence-electron chi connectivity index (χ0n) is 18.7. The van der Waals surface area contributed by atoms with E-state index < -0.39 is 16.9 Å². The van der Waals surface area contributed by atoms with Crippen LogP contribution in [0.3, 0.4) is 0 Å². The molecule has 3 rings (SSSR count). The molecule has 1 aliphatic rings. The molecule has 178 valence electrons. The number of ether oxygens (including phenoxy) is 1. The van der Waals surface area contributed by atoms with Crippen molar-refractivity contribution < 1.29 is 14.5 Å². The van der Waals surface area contributed by atoms with Crippen molar-refractivity contribution in [2.24, 2.45) is 4.99 Å². The quantitative estimate of drug-likeness (QED) is 0.174. The number of carbonyl (C=O) groups is 1. The number of amidine groups is 2. The number of anilines is 1. The molecular weight excluding hydrogens is 478 g/mol. The standard InChI is InChI=1S/C23H24ClN5O4S/c1-3-12-34-23(26)28-19-10-8-14(29(31)32)13-16(19)21(15-6-4-5-7-17(15)24)27-18(22(28)25)9-11-20(30)33-2/h4-8,10,13,18,25-26H,3,9,11-12H2,1-2H3/t18-/m0/s1. The van der Waals surface area contributed by atoms with Gasteiger partial charge in [-0.05, 0) is 25.0 Å². The molecule has 2 aromatic rings. The fraction of sp³-hybridized carbons (Fsp3) is 0.304. The molecule has 9 nitrogen and oxygen atoms in total. The molecule has 0 spiro atoms. The van der Waals surface area contributed by atoms with Crippen molar-refractivity contribution in [3.63, 3.8) is 0 Å². The number of methoxy groups -OCH3 is 1. The zero-order valence-corrected chi connectivity index (χ0v) is 20.3. The van der Waals surface area contributed by atoms with E-state index in [4.69, 9.17) is 32.1 Å². The molecule has 2 aromatic carbocycles. The van der Waals surface area contributed by atoms with Crippen LogP contribution in [-0.2, 0) is 9.53 Å². The van der Waals surface area contributed by atoms with E-state index in [-0.39, 0.29) is 29.5 Å². The second-order valence-corrected chi connectivity index (χ2v) is 8.91. The number of aliphatic imine (C=N–C) groups is 1. The van der Waals surface area contributed by atoms with E-state index in [0.29, 0.717) is 33.3 Å². The maximum absolute atomic E-state index is 11.9. The van der Waals surface area contributed by atoms with Gasteiger partial charge < -0.3 is 4.74 Å². The van der Waals surface area contributed by atoms with Crippen LogP contribution in [0.2, 0.25) is 5.02 Å². The summed E-state index contributed by atoms with van der Waals surface area (Å²) in [6.45, 7) is 1.99. The summed E-state index contributed by atoms with van der Waals surface area (Å²) in [5, 5.41) is 29.7. The largest absolute Gasteiger partial charge is 0.469 e. The maximum atomic E-state index is 11.9. The van der Waals surface area contributed by atoms with Crippen LogP contribution >= 0.6 is 23.4 Å². The van der Waals surface area contributed by atoms with Gasteiger partial charge in [0.25, 0.3) is 5.69 Å². The zero-order chi connectivity index (χ0) is 24.8. The Morgan fingerprint density at radius 2 is 2.03 bits per heavy atom. The Bertz CT molecular complexity index is 1170. The molecule has 11 heteroatoms. The highest BCUT2D eigenvalue weighted by atomic mass is 35.5. The summed E-state index contributed by atoms with van der Waals surface area (Å²) in [5.74, 6) is 0.215. The topological polar surface area (TPSA) is 133 Å². The average Bonchev–Trinajstić information content (AvgIpc) is 2.95. The molecule has 0 unspecified atom stereocenters. The number of nitro groups is 1. The molecule has 0 radical (unpaired) electrons. The van der Waals surface area contributed by atoms with Crippen molar-refractivity contribution in [1.29, 1.82) is 10.8 Å². The van der Waals surface area contributed by atoms with E-state index in [1.165, 1.54) is 42.0 Å². The van der Waals surface area contributed by atoms with Gasteiger partial charge in [0, 0.05) is 40.5 Å². The Morgan fingerprint density at radius 3 is 2.68 bits per heavy atom.